The van der Waals surface area contributed by atoms with Crippen molar-refractivity contribution in [1.29, 1.82) is 0 Å². The average molecular weight is 238 g/mol. The summed E-state index contributed by atoms with van der Waals surface area (Å²) in [6.07, 6.45) is 0. The van der Waals surface area contributed by atoms with Gasteiger partial charge in [-0.25, -0.2) is 4.79 Å². The van der Waals surface area contributed by atoms with E-state index >= 15 is 0 Å². The van der Waals surface area contributed by atoms with Gasteiger partial charge >= 0.3 is 5.97 Å². The molecule has 0 amide bonds. The molecular weight excluding hydrogens is 220 g/mol. The van der Waals surface area contributed by atoms with Crippen LogP contribution in [0.15, 0.2) is 24.3 Å². The Morgan fingerprint density at radius 2 is 2.12 bits per heavy atom. The van der Waals surface area contributed by atoms with Gasteiger partial charge in [0.05, 0.1) is 13.2 Å². The number of phenols is 1. The van der Waals surface area contributed by atoms with Crippen LogP contribution in [0.2, 0.25) is 0 Å². The minimum atomic E-state index is -0.985. The second-order valence-electron chi connectivity index (χ2n) is 4.19. The van der Waals surface area contributed by atoms with Crippen LogP contribution in [-0.4, -0.2) is 23.3 Å². The zero-order valence-electron chi connectivity index (χ0n) is 10.4. The van der Waals surface area contributed by atoms with Gasteiger partial charge in [-0.15, -0.1) is 0 Å². The third-order valence-electron chi connectivity index (χ3n) is 2.28. The van der Waals surface area contributed by atoms with Gasteiger partial charge in [0.2, 0.25) is 0 Å². The number of aromatic hydroxyl groups is 1. The van der Waals surface area contributed by atoms with Crippen LogP contribution in [0.25, 0.3) is 0 Å². The van der Waals surface area contributed by atoms with Crippen molar-refractivity contribution in [3.05, 3.63) is 29.8 Å². The maximum absolute atomic E-state index is 11.6. The van der Waals surface area contributed by atoms with Crippen molar-refractivity contribution in [3.63, 3.8) is 0 Å². The second-order valence-corrected chi connectivity index (χ2v) is 4.19. The van der Waals surface area contributed by atoms with E-state index in [0.29, 0.717) is 6.61 Å². The zero-order valence-corrected chi connectivity index (χ0v) is 10.4. The molecule has 0 aliphatic rings. The van der Waals surface area contributed by atoms with Gasteiger partial charge in [-0.3, -0.25) is 0 Å². The Morgan fingerprint density at radius 1 is 1.41 bits per heavy atom. The van der Waals surface area contributed by atoms with Crippen molar-refractivity contribution in [3.8, 4) is 5.75 Å². The Hall–Kier alpha value is -1.55. The molecule has 0 spiro atoms. The molecule has 17 heavy (non-hydrogen) atoms. The molecular formula is C13H18O4. The lowest BCUT2D eigenvalue weighted by Gasteiger charge is -2.22. The summed E-state index contributed by atoms with van der Waals surface area (Å²) < 4.78 is 10.4. The smallest absolute Gasteiger partial charge is 0.337 e. The number of carbonyl (C=O) groups excluding carboxylic acids is 1. The summed E-state index contributed by atoms with van der Waals surface area (Å²) in [6.45, 7) is 5.66. The molecule has 0 fully saturated rings. The van der Waals surface area contributed by atoms with Crippen molar-refractivity contribution < 1.29 is 19.4 Å². The van der Waals surface area contributed by atoms with E-state index < -0.39 is 5.60 Å². The van der Waals surface area contributed by atoms with Crippen LogP contribution in [0.3, 0.4) is 0 Å². The fourth-order valence-electron chi connectivity index (χ4n) is 1.27. The third-order valence-corrected chi connectivity index (χ3v) is 2.28. The summed E-state index contributed by atoms with van der Waals surface area (Å²) >= 11 is 0. The van der Waals surface area contributed by atoms with Gasteiger partial charge in [0.15, 0.2) is 5.60 Å². The van der Waals surface area contributed by atoms with Crippen molar-refractivity contribution in [2.45, 2.75) is 33.0 Å². The van der Waals surface area contributed by atoms with Crippen molar-refractivity contribution in [2.24, 2.45) is 0 Å². The summed E-state index contributed by atoms with van der Waals surface area (Å²) in [5.41, 5.74) is -0.177. The first-order valence-corrected chi connectivity index (χ1v) is 5.55. The molecule has 0 aromatic heterocycles. The molecule has 1 N–H and O–H groups in total. The first-order valence-electron chi connectivity index (χ1n) is 5.55. The van der Waals surface area contributed by atoms with Crippen LogP contribution in [-0.2, 0) is 20.9 Å². The minimum absolute atomic E-state index is 0.181. The van der Waals surface area contributed by atoms with Gasteiger partial charge in [-0.05, 0) is 38.5 Å². The molecule has 0 radical (unpaired) electrons. The first-order chi connectivity index (χ1) is 7.95. The normalized spacial score (nSPS) is 11.2. The first kappa shape index (κ1) is 13.5. The van der Waals surface area contributed by atoms with Gasteiger partial charge < -0.3 is 14.6 Å². The number of benzene rings is 1. The SMILES string of the molecule is CCOC(=O)C(C)(C)OCc1cccc(O)c1. The highest BCUT2D eigenvalue weighted by molar-refractivity contribution is 5.78. The number of phenolic OH excluding ortho intramolecular Hbond substituents is 1. The summed E-state index contributed by atoms with van der Waals surface area (Å²) in [7, 11) is 0. The molecule has 0 heterocycles. The molecule has 1 aromatic rings. The summed E-state index contributed by atoms with van der Waals surface area (Å²) in [5.74, 6) is -0.208. The maximum Gasteiger partial charge on any atom is 0.337 e. The summed E-state index contributed by atoms with van der Waals surface area (Å²) in [5, 5.41) is 9.29. The number of esters is 1. The second kappa shape index (κ2) is 5.68. The summed E-state index contributed by atoms with van der Waals surface area (Å²) in [4.78, 5) is 11.6. The van der Waals surface area contributed by atoms with E-state index in [9.17, 15) is 9.90 Å². The van der Waals surface area contributed by atoms with Gasteiger partial charge in [-0.1, -0.05) is 12.1 Å². The number of hydrogen-bond acceptors (Lipinski definition) is 4. The van der Waals surface area contributed by atoms with Gasteiger partial charge in [0, 0.05) is 0 Å². The number of hydrogen-bond donors (Lipinski definition) is 1. The fourth-order valence-corrected chi connectivity index (χ4v) is 1.27. The molecule has 0 aliphatic heterocycles. The highest BCUT2D eigenvalue weighted by Gasteiger charge is 2.30. The lowest BCUT2D eigenvalue weighted by molar-refractivity contribution is -0.169. The topological polar surface area (TPSA) is 55.8 Å². The molecule has 4 nitrogen and oxygen atoms in total. The molecule has 94 valence electrons. The molecule has 0 bridgehead atoms. The molecule has 4 heteroatoms. The van der Waals surface area contributed by atoms with Gasteiger partial charge in [0.1, 0.15) is 5.75 Å². The molecule has 0 saturated carbocycles. The Morgan fingerprint density at radius 3 is 2.71 bits per heavy atom. The van der Waals surface area contributed by atoms with E-state index in [0.717, 1.165) is 5.56 Å². The maximum atomic E-state index is 11.6. The Balaban J connectivity index is 2.57. The molecule has 0 saturated heterocycles. The van der Waals surface area contributed by atoms with Gasteiger partial charge in [0.25, 0.3) is 0 Å². The molecule has 1 rings (SSSR count). The zero-order chi connectivity index (χ0) is 12.9. The predicted octanol–water partition coefficient (Wildman–Crippen LogP) is 2.25. The van der Waals surface area contributed by atoms with E-state index in [1.165, 1.54) is 0 Å². The molecule has 0 aliphatic carbocycles. The van der Waals surface area contributed by atoms with E-state index in [-0.39, 0.29) is 18.3 Å². The van der Waals surface area contributed by atoms with Gasteiger partial charge in [-0.2, -0.15) is 0 Å². The lowest BCUT2D eigenvalue weighted by Crippen LogP contribution is -2.36. The minimum Gasteiger partial charge on any atom is -0.508 e. The van der Waals surface area contributed by atoms with Crippen molar-refractivity contribution in [2.75, 3.05) is 6.61 Å². The van der Waals surface area contributed by atoms with E-state index in [1.807, 2.05) is 6.07 Å². The standard InChI is InChI=1S/C13H18O4/c1-4-16-12(15)13(2,3)17-9-10-6-5-7-11(14)8-10/h5-8,14H,4,9H2,1-3H3. The predicted molar refractivity (Wildman–Crippen MR) is 63.6 cm³/mol. The largest absolute Gasteiger partial charge is 0.508 e. The highest BCUT2D eigenvalue weighted by Crippen LogP contribution is 2.17. The van der Waals surface area contributed by atoms with E-state index in [1.54, 1.807) is 39.0 Å². The number of ether oxygens (including phenoxy) is 2. The van der Waals surface area contributed by atoms with Crippen LogP contribution in [0.4, 0.5) is 0 Å². The van der Waals surface area contributed by atoms with Crippen molar-refractivity contribution in [1.82, 2.24) is 0 Å². The van der Waals surface area contributed by atoms with Crippen LogP contribution < -0.4 is 0 Å². The molecule has 1 aromatic carbocycles. The molecule has 0 atom stereocenters. The van der Waals surface area contributed by atoms with Crippen molar-refractivity contribution >= 4 is 5.97 Å². The highest BCUT2D eigenvalue weighted by atomic mass is 16.6. The quantitative estimate of drug-likeness (QED) is 0.799. The Kier molecular flexibility index (Phi) is 4.52. The monoisotopic (exact) mass is 238 g/mol. The third kappa shape index (κ3) is 4.07. The Labute approximate surface area is 101 Å². The number of rotatable bonds is 5. The van der Waals surface area contributed by atoms with Crippen LogP contribution >= 0.6 is 0 Å². The fraction of sp³-hybridized carbons (Fsp3) is 0.462. The van der Waals surface area contributed by atoms with Crippen LogP contribution in [0, 0.1) is 0 Å². The molecule has 0 unspecified atom stereocenters. The van der Waals surface area contributed by atoms with Crippen LogP contribution in [0.1, 0.15) is 26.3 Å². The lowest BCUT2D eigenvalue weighted by atomic mass is 10.1. The van der Waals surface area contributed by atoms with Crippen LogP contribution in [0.5, 0.6) is 5.75 Å². The Bertz CT molecular complexity index is 385. The number of carbonyl (C=O) groups is 1. The van der Waals surface area contributed by atoms with E-state index in [4.69, 9.17) is 9.47 Å². The average Bonchev–Trinajstić information content (AvgIpc) is 2.27. The van der Waals surface area contributed by atoms with E-state index in [2.05, 4.69) is 0 Å². The summed E-state index contributed by atoms with van der Waals surface area (Å²) in [6, 6.07) is 6.73.